The third kappa shape index (κ3) is 5.70. The van der Waals surface area contributed by atoms with Crippen LogP contribution in [0.2, 0.25) is 0 Å². The number of benzene rings is 10. The SMILES string of the molecule is c1ccc(-c2ccc3c(c2)oc2c(-c4ccccc4)ccc(N(c4ccc5oc6ccc(-c7ccccc7)cc6c5c4)c4cccc5c4c4ccccc4n5-c4ccccc4)c23)cc1. The Bertz CT molecular complexity index is 3880. The molecule has 0 aliphatic heterocycles. The molecule has 4 nitrogen and oxygen atoms in total. The summed E-state index contributed by atoms with van der Waals surface area (Å²) in [5, 5.41) is 6.55. The van der Waals surface area contributed by atoms with Crippen LogP contribution in [0.4, 0.5) is 17.1 Å². The normalized spacial score (nSPS) is 11.8. The first kappa shape index (κ1) is 36.1. The number of furan rings is 2. The van der Waals surface area contributed by atoms with E-state index in [1.165, 1.54) is 10.9 Å². The Kier molecular flexibility index (Phi) is 8.18. The number of aromatic nitrogens is 1. The van der Waals surface area contributed by atoms with Crippen LogP contribution >= 0.6 is 0 Å². The Morgan fingerprint density at radius 1 is 0.328 bits per heavy atom. The summed E-state index contributed by atoms with van der Waals surface area (Å²) in [5.74, 6) is 0. The maximum atomic E-state index is 7.11. The molecule has 0 spiro atoms. The van der Waals surface area contributed by atoms with Gasteiger partial charge in [-0.3, -0.25) is 0 Å². The summed E-state index contributed by atoms with van der Waals surface area (Å²) in [6.45, 7) is 0. The molecule has 64 heavy (non-hydrogen) atoms. The molecule has 0 atom stereocenters. The van der Waals surface area contributed by atoms with Gasteiger partial charge < -0.3 is 18.3 Å². The lowest BCUT2D eigenvalue weighted by Gasteiger charge is -2.28. The van der Waals surface area contributed by atoms with Gasteiger partial charge in [-0.2, -0.15) is 0 Å². The predicted molar refractivity (Wildman–Crippen MR) is 266 cm³/mol. The lowest BCUT2D eigenvalue weighted by molar-refractivity contribution is 0.669. The van der Waals surface area contributed by atoms with Gasteiger partial charge >= 0.3 is 0 Å². The maximum absolute atomic E-state index is 7.11. The standard InChI is InChI=1S/C60H38N2O2/c1-5-16-39(17-6-1)42-29-34-55-49(36-42)50-38-45(30-35-56(50)63-55)62(53-27-15-26-52-58(53)47-24-13-14-25-51(47)61(52)44-22-11-4-12-23-44)54-33-32-46(41-20-9-3-10-21-41)60-59(54)48-31-28-43(37-57(48)64-60)40-18-7-2-8-19-40/h1-38H. The van der Waals surface area contributed by atoms with E-state index in [-0.39, 0.29) is 0 Å². The Hall–Kier alpha value is -8.60. The molecule has 300 valence electrons. The predicted octanol–water partition coefficient (Wildman–Crippen LogP) is 17.1. The van der Waals surface area contributed by atoms with Crippen LogP contribution in [0.1, 0.15) is 0 Å². The summed E-state index contributed by atoms with van der Waals surface area (Å²) in [6, 6.07) is 82.1. The zero-order valence-electron chi connectivity index (χ0n) is 34.7. The average Bonchev–Trinajstić information content (AvgIpc) is 4.05. The number of para-hydroxylation sites is 2. The Morgan fingerprint density at radius 3 is 1.67 bits per heavy atom. The molecule has 10 aromatic carbocycles. The van der Waals surface area contributed by atoms with Crippen LogP contribution in [0.25, 0.3) is 105 Å². The highest BCUT2D eigenvalue weighted by atomic mass is 16.3. The van der Waals surface area contributed by atoms with Crippen molar-refractivity contribution < 1.29 is 8.83 Å². The largest absolute Gasteiger partial charge is 0.456 e. The number of hydrogen-bond acceptors (Lipinski definition) is 3. The van der Waals surface area contributed by atoms with E-state index in [2.05, 4.69) is 240 Å². The molecule has 0 aliphatic rings. The topological polar surface area (TPSA) is 34.5 Å². The van der Waals surface area contributed by atoms with E-state index in [1.54, 1.807) is 0 Å². The quantitative estimate of drug-likeness (QED) is 0.161. The smallest absolute Gasteiger partial charge is 0.145 e. The van der Waals surface area contributed by atoms with Gasteiger partial charge in [0.2, 0.25) is 0 Å². The van der Waals surface area contributed by atoms with Gasteiger partial charge in [-0.25, -0.2) is 0 Å². The van der Waals surface area contributed by atoms with Crippen LogP contribution in [-0.2, 0) is 0 Å². The van der Waals surface area contributed by atoms with Crippen LogP contribution in [0.3, 0.4) is 0 Å². The van der Waals surface area contributed by atoms with Crippen molar-refractivity contribution in [2.75, 3.05) is 4.90 Å². The van der Waals surface area contributed by atoms with E-state index in [0.717, 1.165) is 111 Å². The molecule has 0 amide bonds. The van der Waals surface area contributed by atoms with Gasteiger partial charge in [0.25, 0.3) is 0 Å². The summed E-state index contributed by atoms with van der Waals surface area (Å²) in [5.41, 5.74) is 16.6. The molecule has 0 aliphatic carbocycles. The van der Waals surface area contributed by atoms with E-state index in [4.69, 9.17) is 8.83 Å². The molecule has 0 bridgehead atoms. The van der Waals surface area contributed by atoms with E-state index < -0.39 is 0 Å². The van der Waals surface area contributed by atoms with Gasteiger partial charge in [0.05, 0.1) is 27.8 Å². The summed E-state index contributed by atoms with van der Waals surface area (Å²) in [7, 11) is 0. The first-order valence-corrected chi connectivity index (χ1v) is 21.7. The number of anilines is 3. The van der Waals surface area contributed by atoms with Gasteiger partial charge in [0.1, 0.15) is 22.3 Å². The highest BCUT2D eigenvalue weighted by Gasteiger charge is 2.26. The van der Waals surface area contributed by atoms with Crippen LogP contribution in [0.15, 0.2) is 239 Å². The van der Waals surface area contributed by atoms with Crippen molar-refractivity contribution in [2.45, 2.75) is 0 Å². The minimum atomic E-state index is 0.838. The van der Waals surface area contributed by atoms with E-state index in [9.17, 15) is 0 Å². The van der Waals surface area contributed by atoms with Gasteiger partial charge in [-0.05, 0) is 113 Å². The van der Waals surface area contributed by atoms with Crippen LogP contribution in [0.5, 0.6) is 0 Å². The van der Waals surface area contributed by atoms with Gasteiger partial charge in [-0.15, -0.1) is 0 Å². The van der Waals surface area contributed by atoms with Crippen molar-refractivity contribution in [3.8, 4) is 39.1 Å². The first-order chi connectivity index (χ1) is 31.7. The summed E-state index contributed by atoms with van der Waals surface area (Å²) in [6.07, 6.45) is 0. The third-order valence-corrected chi connectivity index (χ3v) is 12.8. The molecule has 0 N–H and O–H groups in total. The highest BCUT2D eigenvalue weighted by Crippen LogP contribution is 2.50. The first-order valence-electron chi connectivity index (χ1n) is 21.7. The molecular weight excluding hydrogens is 781 g/mol. The van der Waals surface area contributed by atoms with Crippen molar-refractivity contribution >= 4 is 82.7 Å². The molecule has 0 fully saturated rings. The van der Waals surface area contributed by atoms with Crippen molar-refractivity contribution in [3.63, 3.8) is 0 Å². The fraction of sp³-hybridized carbons (Fsp3) is 0. The van der Waals surface area contributed by atoms with Crippen molar-refractivity contribution in [1.82, 2.24) is 4.57 Å². The lowest BCUT2D eigenvalue weighted by atomic mass is 9.98. The zero-order chi connectivity index (χ0) is 42.1. The maximum Gasteiger partial charge on any atom is 0.145 e. The zero-order valence-corrected chi connectivity index (χ0v) is 34.7. The van der Waals surface area contributed by atoms with E-state index in [0.29, 0.717) is 0 Å². The molecule has 0 saturated heterocycles. The van der Waals surface area contributed by atoms with Gasteiger partial charge in [0.15, 0.2) is 0 Å². The minimum Gasteiger partial charge on any atom is -0.456 e. The minimum absolute atomic E-state index is 0.838. The molecule has 0 unspecified atom stereocenters. The fourth-order valence-corrected chi connectivity index (χ4v) is 9.87. The summed E-state index contributed by atoms with van der Waals surface area (Å²) >= 11 is 0. The summed E-state index contributed by atoms with van der Waals surface area (Å²) < 4.78 is 16.1. The molecule has 3 aromatic heterocycles. The molecule has 13 rings (SSSR count). The van der Waals surface area contributed by atoms with Crippen LogP contribution < -0.4 is 4.90 Å². The van der Waals surface area contributed by atoms with Crippen LogP contribution in [0, 0.1) is 0 Å². The Labute approximate surface area is 369 Å². The van der Waals surface area contributed by atoms with Gasteiger partial charge in [0, 0.05) is 43.9 Å². The second kappa shape index (κ2) is 14.5. The number of fused-ring (bicyclic) bond motifs is 9. The fourth-order valence-electron chi connectivity index (χ4n) is 9.87. The van der Waals surface area contributed by atoms with E-state index in [1.807, 2.05) is 0 Å². The number of nitrogens with zero attached hydrogens (tertiary/aromatic N) is 2. The van der Waals surface area contributed by atoms with Gasteiger partial charge in [-0.1, -0.05) is 146 Å². The molecule has 3 heterocycles. The molecular formula is C60H38N2O2. The second-order valence-electron chi connectivity index (χ2n) is 16.4. The van der Waals surface area contributed by atoms with Crippen molar-refractivity contribution in [3.05, 3.63) is 231 Å². The lowest BCUT2D eigenvalue weighted by Crippen LogP contribution is -2.11. The van der Waals surface area contributed by atoms with Crippen molar-refractivity contribution in [2.24, 2.45) is 0 Å². The Morgan fingerprint density at radius 2 is 0.922 bits per heavy atom. The monoisotopic (exact) mass is 818 g/mol. The average molecular weight is 819 g/mol. The molecule has 4 heteroatoms. The molecule has 13 aromatic rings. The van der Waals surface area contributed by atoms with E-state index >= 15 is 0 Å². The number of rotatable bonds is 7. The Balaban J connectivity index is 1.13. The third-order valence-electron chi connectivity index (χ3n) is 12.8. The highest BCUT2D eigenvalue weighted by molar-refractivity contribution is 6.21. The number of hydrogen-bond donors (Lipinski definition) is 0. The van der Waals surface area contributed by atoms with Crippen LogP contribution in [-0.4, -0.2) is 4.57 Å². The summed E-state index contributed by atoms with van der Waals surface area (Å²) in [4.78, 5) is 2.45. The van der Waals surface area contributed by atoms with Crippen molar-refractivity contribution in [1.29, 1.82) is 0 Å². The second-order valence-corrected chi connectivity index (χ2v) is 16.4. The molecule has 0 radical (unpaired) electrons. The molecule has 0 saturated carbocycles.